The fraction of sp³-hybridized carbons (Fsp3) is 0.400. The zero-order valence-corrected chi connectivity index (χ0v) is 9.67. The highest BCUT2D eigenvalue weighted by molar-refractivity contribution is 7.16. The van der Waals surface area contributed by atoms with E-state index in [1.165, 1.54) is 0 Å². The Balaban J connectivity index is 1.91. The van der Waals surface area contributed by atoms with E-state index in [2.05, 4.69) is 15.3 Å². The smallest absolute Gasteiger partial charge is 0.138 e. The molecule has 0 atom stereocenters. The van der Waals surface area contributed by atoms with Gasteiger partial charge >= 0.3 is 0 Å². The number of nitrogens with two attached hydrogens (primary N) is 1. The Bertz CT molecular complexity index is 445. The molecule has 2 aromatic heterocycles. The van der Waals surface area contributed by atoms with Crippen LogP contribution < -0.4 is 11.1 Å². The quantitative estimate of drug-likeness (QED) is 0.737. The monoisotopic (exact) mass is 238 g/mol. The lowest BCUT2D eigenvalue weighted by molar-refractivity contribution is 0.151. The molecule has 0 aromatic carbocycles. The van der Waals surface area contributed by atoms with Crippen molar-refractivity contribution in [2.75, 3.05) is 31.6 Å². The molecule has 16 heavy (non-hydrogen) atoms. The maximum absolute atomic E-state index is 5.32. The number of hydrogen-bond acceptors (Lipinski definition) is 6. The van der Waals surface area contributed by atoms with Crippen LogP contribution in [0.4, 0.5) is 5.82 Å². The van der Waals surface area contributed by atoms with Crippen LogP contribution in [0.3, 0.4) is 0 Å². The lowest BCUT2D eigenvalue weighted by Crippen LogP contribution is -2.14. The first-order valence-electron chi connectivity index (χ1n) is 5.11. The molecule has 0 saturated heterocycles. The van der Waals surface area contributed by atoms with Crippen LogP contribution in [0.2, 0.25) is 0 Å². The fourth-order valence-corrected chi connectivity index (χ4v) is 2.09. The number of nitrogens with zero attached hydrogens (tertiary/aromatic N) is 2. The minimum absolute atomic E-state index is 0.558. The molecule has 3 N–H and O–H groups in total. The van der Waals surface area contributed by atoms with Gasteiger partial charge in [0.25, 0.3) is 0 Å². The number of aromatic nitrogens is 2. The molecule has 2 rings (SSSR count). The minimum atomic E-state index is 0.558. The second-order valence-corrected chi connectivity index (χ2v) is 4.08. The second kappa shape index (κ2) is 5.74. The van der Waals surface area contributed by atoms with Crippen molar-refractivity contribution in [3.8, 4) is 0 Å². The molecule has 0 radical (unpaired) electrons. The van der Waals surface area contributed by atoms with Gasteiger partial charge in [0, 0.05) is 13.1 Å². The van der Waals surface area contributed by atoms with Gasteiger partial charge in [-0.3, -0.25) is 0 Å². The lowest BCUT2D eigenvalue weighted by Gasteiger charge is -2.06. The summed E-state index contributed by atoms with van der Waals surface area (Å²) in [6, 6.07) is 2.02. The SMILES string of the molecule is NCCOCCNc1ncnc2sccc12. The third kappa shape index (κ3) is 2.66. The maximum Gasteiger partial charge on any atom is 0.138 e. The Morgan fingerprint density at radius 1 is 1.38 bits per heavy atom. The summed E-state index contributed by atoms with van der Waals surface area (Å²) in [5.41, 5.74) is 5.32. The zero-order chi connectivity index (χ0) is 11.2. The Morgan fingerprint density at radius 3 is 3.19 bits per heavy atom. The summed E-state index contributed by atoms with van der Waals surface area (Å²) >= 11 is 1.61. The molecule has 2 heterocycles. The van der Waals surface area contributed by atoms with Crippen LogP contribution in [0.1, 0.15) is 0 Å². The van der Waals surface area contributed by atoms with Crippen LogP contribution in [0.15, 0.2) is 17.8 Å². The number of nitrogens with one attached hydrogen (secondary N) is 1. The summed E-state index contributed by atoms with van der Waals surface area (Å²) in [4.78, 5) is 9.38. The minimum Gasteiger partial charge on any atom is -0.378 e. The van der Waals surface area contributed by atoms with Gasteiger partial charge < -0.3 is 15.8 Å². The van der Waals surface area contributed by atoms with Crippen molar-refractivity contribution in [2.45, 2.75) is 0 Å². The van der Waals surface area contributed by atoms with Crippen LogP contribution >= 0.6 is 11.3 Å². The third-order valence-electron chi connectivity index (χ3n) is 2.06. The Hall–Kier alpha value is -1.24. The molecular formula is C10H14N4OS. The molecule has 5 nitrogen and oxygen atoms in total. The standard InChI is InChI=1S/C10H14N4OS/c11-2-4-15-5-3-12-9-8-1-6-16-10(8)14-7-13-9/h1,6-7H,2-5,11H2,(H,12,13,14). The van der Waals surface area contributed by atoms with Gasteiger partial charge in [0.05, 0.1) is 18.6 Å². The maximum atomic E-state index is 5.32. The largest absolute Gasteiger partial charge is 0.378 e. The molecule has 0 bridgehead atoms. The van der Waals surface area contributed by atoms with Gasteiger partial charge in [0.1, 0.15) is 17.0 Å². The molecule has 0 amide bonds. The first-order chi connectivity index (χ1) is 7.92. The molecule has 0 aliphatic rings. The van der Waals surface area contributed by atoms with E-state index in [-0.39, 0.29) is 0 Å². The second-order valence-electron chi connectivity index (χ2n) is 3.19. The molecule has 0 saturated carbocycles. The molecule has 86 valence electrons. The van der Waals surface area contributed by atoms with Gasteiger partial charge in [-0.1, -0.05) is 0 Å². The van der Waals surface area contributed by atoms with Crippen molar-refractivity contribution in [3.05, 3.63) is 17.8 Å². The summed E-state index contributed by atoms with van der Waals surface area (Å²) in [5, 5.41) is 6.29. The highest BCUT2D eigenvalue weighted by atomic mass is 32.1. The number of anilines is 1. The van der Waals surface area contributed by atoms with E-state index in [0.717, 1.165) is 22.6 Å². The van der Waals surface area contributed by atoms with Crippen LogP contribution in [-0.4, -0.2) is 36.3 Å². The molecule has 6 heteroatoms. The van der Waals surface area contributed by atoms with Gasteiger partial charge in [0.15, 0.2) is 0 Å². The molecule has 2 aromatic rings. The molecule has 0 aliphatic carbocycles. The summed E-state index contributed by atoms with van der Waals surface area (Å²) in [6.07, 6.45) is 1.57. The van der Waals surface area contributed by atoms with Gasteiger partial charge in [-0.05, 0) is 11.4 Å². The van der Waals surface area contributed by atoms with Crippen LogP contribution in [0, 0.1) is 0 Å². The van der Waals surface area contributed by atoms with Crippen LogP contribution in [-0.2, 0) is 4.74 Å². The van der Waals surface area contributed by atoms with Crippen molar-refractivity contribution < 1.29 is 4.74 Å². The molecule has 0 unspecified atom stereocenters. The first-order valence-corrected chi connectivity index (χ1v) is 5.99. The van der Waals surface area contributed by atoms with E-state index in [0.29, 0.717) is 19.8 Å². The highest BCUT2D eigenvalue weighted by Gasteiger charge is 2.03. The van der Waals surface area contributed by atoms with Crippen molar-refractivity contribution in [1.29, 1.82) is 0 Å². The van der Waals surface area contributed by atoms with E-state index >= 15 is 0 Å². The van der Waals surface area contributed by atoms with Crippen molar-refractivity contribution in [1.82, 2.24) is 9.97 Å². The van der Waals surface area contributed by atoms with Crippen molar-refractivity contribution >= 4 is 27.4 Å². The summed E-state index contributed by atoms with van der Waals surface area (Å²) in [7, 11) is 0. The van der Waals surface area contributed by atoms with Crippen molar-refractivity contribution in [2.24, 2.45) is 5.73 Å². The predicted octanol–water partition coefficient (Wildman–Crippen LogP) is 1.08. The van der Waals surface area contributed by atoms with E-state index in [1.54, 1.807) is 17.7 Å². The predicted molar refractivity (Wildman–Crippen MR) is 65.8 cm³/mol. The third-order valence-corrected chi connectivity index (χ3v) is 2.88. The van der Waals surface area contributed by atoms with Crippen LogP contribution in [0.5, 0.6) is 0 Å². The lowest BCUT2D eigenvalue weighted by atomic mass is 10.4. The van der Waals surface area contributed by atoms with Gasteiger partial charge in [-0.2, -0.15) is 0 Å². The molecular weight excluding hydrogens is 224 g/mol. The molecule has 0 fully saturated rings. The summed E-state index contributed by atoms with van der Waals surface area (Å²) in [6.45, 7) is 2.51. The van der Waals surface area contributed by atoms with Crippen molar-refractivity contribution in [3.63, 3.8) is 0 Å². The van der Waals surface area contributed by atoms with Gasteiger partial charge in [-0.15, -0.1) is 11.3 Å². The zero-order valence-electron chi connectivity index (χ0n) is 8.85. The van der Waals surface area contributed by atoms with E-state index in [4.69, 9.17) is 10.5 Å². The average molecular weight is 238 g/mol. The van der Waals surface area contributed by atoms with E-state index < -0.39 is 0 Å². The summed E-state index contributed by atoms with van der Waals surface area (Å²) in [5.74, 6) is 0.864. The number of hydrogen-bond donors (Lipinski definition) is 2. The Morgan fingerprint density at radius 2 is 2.31 bits per heavy atom. The Labute approximate surface area is 97.7 Å². The topological polar surface area (TPSA) is 73.1 Å². The fourth-order valence-electron chi connectivity index (χ4n) is 1.36. The molecule has 0 spiro atoms. The van der Waals surface area contributed by atoms with Crippen LogP contribution in [0.25, 0.3) is 10.2 Å². The highest BCUT2D eigenvalue weighted by Crippen LogP contribution is 2.23. The first kappa shape index (κ1) is 11.3. The summed E-state index contributed by atoms with van der Waals surface area (Å²) < 4.78 is 5.27. The van der Waals surface area contributed by atoms with Gasteiger partial charge in [-0.25, -0.2) is 9.97 Å². The average Bonchev–Trinajstić information content (AvgIpc) is 2.77. The van der Waals surface area contributed by atoms with Gasteiger partial charge in [0.2, 0.25) is 0 Å². The molecule has 0 aliphatic heterocycles. The number of thiophene rings is 1. The number of rotatable bonds is 6. The number of fused-ring (bicyclic) bond motifs is 1. The Kier molecular flexibility index (Phi) is 4.03. The normalized spacial score (nSPS) is 10.8. The van der Waals surface area contributed by atoms with E-state index in [1.807, 2.05) is 11.4 Å². The number of ether oxygens (including phenoxy) is 1. The van der Waals surface area contributed by atoms with E-state index in [9.17, 15) is 0 Å².